The Morgan fingerprint density at radius 2 is 1.67 bits per heavy atom. The van der Waals surface area contributed by atoms with Crippen molar-refractivity contribution in [3.8, 4) is 18.1 Å². The minimum atomic E-state index is -4.42. The van der Waals surface area contributed by atoms with E-state index < -0.39 is 38.5 Å². The molecule has 1 aliphatic carbocycles. The third kappa shape index (κ3) is 9.22. The van der Waals surface area contributed by atoms with E-state index in [-0.39, 0.29) is 23.9 Å². The number of ether oxygens (including phenoxy) is 7. The summed E-state index contributed by atoms with van der Waals surface area (Å²) in [6.45, 7) is 4.90. The van der Waals surface area contributed by atoms with E-state index >= 15 is 0 Å². The Morgan fingerprint density at radius 3 is 2.37 bits per heavy atom. The number of halogens is 1. The maximum atomic E-state index is 11.1. The smallest absolute Gasteiger partial charge is 0.350 e. The first-order chi connectivity index (χ1) is 25.1. The largest absolute Gasteiger partial charge is 0.491 e. The molecule has 0 bridgehead atoms. The third-order valence-electron chi connectivity index (χ3n) is 9.14. The summed E-state index contributed by atoms with van der Waals surface area (Å²) in [4.78, 5) is 29.1. The van der Waals surface area contributed by atoms with E-state index in [0.29, 0.717) is 82.8 Å². The Bertz CT molecular complexity index is 1750. The van der Waals surface area contributed by atoms with E-state index in [1.165, 1.54) is 15.8 Å². The molecule has 0 unspecified atom stereocenters. The molecule has 284 valence electrons. The van der Waals surface area contributed by atoms with Gasteiger partial charge < -0.3 is 58.1 Å². The number of anilines is 1. The maximum absolute atomic E-state index is 11.1. The number of hydrogen-bond donors (Lipinski definition) is 4. The number of aliphatic hydroxyl groups excluding tert-OH is 2. The summed E-state index contributed by atoms with van der Waals surface area (Å²) in [5.74, 6) is 3.76. The van der Waals surface area contributed by atoms with Crippen molar-refractivity contribution in [3.63, 3.8) is 0 Å². The lowest BCUT2D eigenvalue weighted by molar-refractivity contribution is -0.0658. The molecule has 6 rings (SSSR count). The van der Waals surface area contributed by atoms with Crippen molar-refractivity contribution in [2.24, 2.45) is 0 Å². The quantitative estimate of drug-likeness (QED) is 0.0548. The standard InChI is InChI=1S/C33H43ClN5O12P/c1-2-7-45-8-9-46-10-11-47-12-13-48-14-15-50-23-4-3-22-5-6-33(25(22)16-23)19-38(20-33)29-24-17-35-39(30(24)37-32(34)36-29)31-28(41)27(40)26(51-31)18-49-21-52(42,43)44/h1,3-4,16-17,26-28,31,40-41H,5-15,18-21H2,(H2,42,43,44)/t26-,27-,28-,31-/m1/s1. The average molecular weight is 768 g/mol. The van der Waals surface area contributed by atoms with Crippen LogP contribution in [0.5, 0.6) is 5.75 Å². The van der Waals surface area contributed by atoms with E-state index in [9.17, 15) is 14.8 Å². The number of nitrogens with zero attached hydrogens (tertiary/aromatic N) is 5. The van der Waals surface area contributed by atoms with Gasteiger partial charge in [-0.15, -0.1) is 6.42 Å². The van der Waals surface area contributed by atoms with Crippen molar-refractivity contribution >= 4 is 36.0 Å². The fraction of sp³-hybridized carbons (Fsp3) is 0.606. The van der Waals surface area contributed by atoms with Crippen LogP contribution < -0.4 is 9.64 Å². The molecular weight excluding hydrogens is 725 g/mol. The number of fused-ring (bicyclic) bond motifs is 3. The van der Waals surface area contributed by atoms with Gasteiger partial charge in [-0.05, 0) is 47.7 Å². The van der Waals surface area contributed by atoms with Crippen LogP contribution in [0.25, 0.3) is 11.0 Å². The van der Waals surface area contributed by atoms with Crippen LogP contribution in [0.3, 0.4) is 0 Å². The van der Waals surface area contributed by atoms with Crippen LogP contribution in [0, 0.1) is 12.3 Å². The number of rotatable bonds is 20. The number of terminal acetylenes is 1. The lowest BCUT2D eigenvalue weighted by Crippen LogP contribution is -2.58. The molecule has 2 aromatic heterocycles. The molecule has 0 radical (unpaired) electrons. The third-order valence-corrected chi connectivity index (χ3v) is 9.82. The molecule has 52 heavy (non-hydrogen) atoms. The van der Waals surface area contributed by atoms with E-state index in [1.54, 1.807) is 6.20 Å². The molecule has 3 aliphatic rings. The normalized spacial score (nSPS) is 22.2. The van der Waals surface area contributed by atoms with Crippen molar-refractivity contribution in [3.05, 3.63) is 40.8 Å². The first-order valence-corrected chi connectivity index (χ1v) is 19.1. The van der Waals surface area contributed by atoms with Crippen molar-refractivity contribution in [2.45, 2.75) is 42.8 Å². The highest BCUT2D eigenvalue weighted by atomic mass is 35.5. The summed E-state index contributed by atoms with van der Waals surface area (Å²) in [5, 5.41) is 26.3. The average Bonchev–Trinajstić information content (AvgIpc) is 3.77. The predicted octanol–water partition coefficient (Wildman–Crippen LogP) is 1.03. The maximum Gasteiger partial charge on any atom is 0.350 e. The second-order valence-corrected chi connectivity index (χ2v) is 14.7. The van der Waals surface area contributed by atoms with Crippen LogP contribution in [0.4, 0.5) is 5.82 Å². The molecule has 19 heteroatoms. The highest BCUT2D eigenvalue weighted by molar-refractivity contribution is 7.51. The SMILES string of the molecule is C#CCOCCOCCOCCOCCOc1ccc2c(c1)C1(CC2)CN(c2nc(Cl)nc3c2cnn3[C@@H]2O[C@H](COCP(=O)(O)O)[C@@H](O)[C@H]2O)C1. The van der Waals surface area contributed by atoms with Crippen LogP contribution in [0.2, 0.25) is 5.28 Å². The molecule has 17 nitrogen and oxygen atoms in total. The highest BCUT2D eigenvalue weighted by Gasteiger charge is 2.50. The summed E-state index contributed by atoms with van der Waals surface area (Å²) < 4.78 is 51.0. The topological polar surface area (TPSA) is 209 Å². The summed E-state index contributed by atoms with van der Waals surface area (Å²) in [5.41, 5.74) is 2.74. The van der Waals surface area contributed by atoms with Crippen molar-refractivity contribution in [2.75, 3.05) is 90.4 Å². The first-order valence-electron chi connectivity index (χ1n) is 16.9. The Hall–Kier alpha value is -2.95. The lowest BCUT2D eigenvalue weighted by Gasteiger charge is -2.49. The molecule has 2 fully saturated rings. The van der Waals surface area contributed by atoms with Crippen LogP contribution in [0.15, 0.2) is 24.4 Å². The van der Waals surface area contributed by atoms with Crippen molar-refractivity contribution < 1.29 is 57.7 Å². The summed E-state index contributed by atoms with van der Waals surface area (Å²) in [6, 6.07) is 6.22. The van der Waals surface area contributed by atoms with Gasteiger partial charge in [-0.25, -0.2) is 4.68 Å². The molecule has 2 aliphatic heterocycles. The molecule has 1 aromatic carbocycles. The molecule has 4 heterocycles. The van der Waals surface area contributed by atoms with Gasteiger partial charge in [0.15, 0.2) is 11.9 Å². The number of aromatic nitrogens is 4. The number of benzene rings is 1. The van der Waals surface area contributed by atoms with Gasteiger partial charge in [0.2, 0.25) is 5.28 Å². The number of aryl methyl sites for hydroxylation is 1. The fourth-order valence-corrected chi connectivity index (χ4v) is 7.21. The Morgan fingerprint density at radius 1 is 0.981 bits per heavy atom. The summed E-state index contributed by atoms with van der Waals surface area (Å²) in [7, 11) is -4.42. The van der Waals surface area contributed by atoms with Gasteiger partial charge in [0.1, 0.15) is 49.4 Å². The van der Waals surface area contributed by atoms with Gasteiger partial charge in [0.05, 0.1) is 64.4 Å². The van der Waals surface area contributed by atoms with Crippen LogP contribution >= 0.6 is 19.2 Å². The van der Waals surface area contributed by atoms with Gasteiger partial charge in [0.25, 0.3) is 0 Å². The number of aliphatic hydroxyl groups is 2. The molecule has 0 amide bonds. The lowest BCUT2D eigenvalue weighted by atomic mass is 9.74. The zero-order valence-electron chi connectivity index (χ0n) is 28.4. The zero-order chi connectivity index (χ0) is 36.7. The Labute approximate surface area is 305 Å². The van der Waals surface area contributed by atoms with Crippen LogP contribution in [-0.4, -0.2) is 144 Å². The van der Waals surface area contributed by atoms with Crippen molar-refractivity contribution in [1.29, 1.82) is 0 Å². The second-order valence-electron chi connectivity index (χ2n) is 12.8. The van der Waals surface area contributed by atoms with Crippen LogP contribution in [0.1, 0.15) is 23.8 Å². The Balaban J connectivity index is 0.992. The minimum Gasteiger partial charge on any atom is -0.491 e. The highest BCUT2D eigenvalue weighted by Crippen LogP contribution is 2.49. The molecule has 2 saturated heterocycles. The minimum absolute atomic E-state index is 0.0246. The van der Waals surface area contributed by atoms with E-state index in [0.717, 1.165) is 18.6 Å². The second kappa shape index (κ2) is 17.5. The molecule has 4 N–H and O–H groups in total. The summed E-state index contributed by atoms with van der Waals surface area (Å²) >= 11 is 6.39. The van der Waals surface area contributed by atoms with E-state index in [2.05, 4.69) is 38.0 Å². The summed E-state index contributed by atoms with van der Waals surface area (Å²) in [6.07, 6.45) is 2.72. The van der Waals surface area contributed by atoms with Gasteiger partial charge in [-0.3, -0.25) is 4.57 Å². The molecular formula is C33H43ClN5O12P. The van der Waals surface area contributed by atoms with Gasteiger partial charge >= 0.3 is 7.60 Å². The van der Waals surface area contributed by atoms with Gasteiger partial charge in [0, 0.05) is 18.5 Å². The van der Waals surface area contributed by atoms with E-state index in [4.69, 9.17) is 61.0 Å². The van der Waals surface area contributed by atoms with Crippen LogP contribution in [-0.2, 0) is 44.8 Å². The van der Waals surface area contributed by atoms with E-state index in [1.807, 2.05) is 6.07 Å². The molecule has 4 atom stereocenters. The Kier molecular flexibility index (Phi) is 13.0. The predicted molar refractivity (Wildman–Crippen MR) is 185 cm³/mol. The fourth-order valence-electron chi connectivity index (χ4n) is 6.71. The molecule has 3 aromatic rings. The number of hydrogen-bond acceptors (Lipinski definition) is 14. The van der Waals surface area contributed by atoms with Crippen molar-refractivity contribution in [1.82, 2.24) is 19.7 Å². The van der Waals surface area contributed by atoms with Gasteiger partial charge in [-0.2, -0.15) is 15.1 Å². The first kappa shape index (κ1) is 38.8. The van der Waals surface area contributed by atoms with Gasteiger partial charge in [-0.1, -0.05) is 12.0 Å². The molecule has 0 saturated carbocycles. The monoisotopic (exact) mass is 767 g/mol. The molecule has 1 spiro atoms. The zero-order valence-corrected chi connectivity index (χ0v) is 30.1.